The maximum absolute atomic E-state index is 11.9. The fraction of sp³-hybridized carbons (Fsp3) is 0.960. The Kier molecular flexibility index (Phi) is 6.69. The van der Waals surface area contributed by atoms with E-state index in [2.05, 4.69) is 34.6 Å². The number of rotatable bonds is 5. The van der Waals surface area contributed by atoms with Crippen LogP contribution in [0.1, 0.15) is 99.3 Å². The van der Waals surface area contributed by atoms with Crippen LogP contribution < -0.4 is 0 Å². The highest BCUT2D eigenvalue weighted by molar-refractivity contribution is 5.72. The zero-order chi connectivity index (χ0) is 22.4. The van der Waals surface area contributed by atoms with Crippen LogP contribution in [0.5, 0.6) is 0 Å². The molecule has 30 heavy (non-hydrogen) atoms. The molecule has 3 aliphatic rings. The summed E-state index contributed by atoms with van der Waals surface area (Å²) in [6.45, 7) is 13.2. The highest BCUT2D eigenvalue weighted by atomic mass is 17.2. The number of esters is 1. The quantitative estimate of drug-likeness (QED) is 0.470. The van der Waals surface area contributed by atoms with E-state index in [9.17, 15) is 9.90 Å². The predicted molar refractivity (Wildman–Crippen MR) is 117 cm³/mol. The predicted octanol–water partition coefficient (Wildman–Crippen LogP) is 5.44. The Hall–Kier alpha value is -0.650. The smallest absolute Gasteiger partial charge is 0.311 e. The summed E-state index contributed by atoms with van der Waals surface area (Å²) in [5.41, 5.74) is -1.03. The lowest BCUT2D eigenvalue weighted by molar-refractivity contribution is -0.412. The molecule has 5 heteroatoms. The zero-order valence-electron chi connectivity index (χ0n) is 20.3. The number of methoxy groups -OCH3 is 1. The number of hydrogen-bond donors (Lipinski definition) is 1. The van der Waals surface area contributed by atoms with E-state index >= 15 is 0 Å². The molecule has 0 radical (unpaired) electrons. The van der Waals surface area contributed by atoms with E-state index in [4.69, 9.17) is 14.5 Å². The first kappa shape index (κ1) is 24.0. The van der Waals surface area contributed by atoms with Crippen LogP contribution in [0.3, 0.4) is 0 Å². The fourth-order valence-electron chi connectivity index (χ4n) is 7.08. The number of ether oxygens (including phenoxy) is 1. The minimum Gasteiger partial charge on any atom is -0.469 e. The molecule has 0 amide bonds. The average Bonchev–Trinajstić information content (AvgIpc) is 2.69. The molecule has 0 aromatic carbocycles. The molecule has 2 aliphatic carbocycles. The molecule has 7 atom stereocenters. The Balaban J connectivity index is 1.67. The molecular weight excluding hydrogens is 380 g/mol. The first-order valence-electron chi connectivity index (χ1n) is 12.0. The highest BCUT2D eigenvalue weighted by Crippen LogP contribution is 2.64. The lowest BCUT2D eigenvalue weighted by atomic mass is 9.43. The van der Waals surface area contributed by atoms with Gasteiger partial charge < -0.3 is 9.84 Å². The van der Waals surface area contributed by atoms with Gasteiger partial charge in [-0.15, -0.1) is 0 Å². The highest BCUT2D eigenvalue weighted by Gasteiger charge is 2.63. The molecular formula is C25H44O5. The molecule has 5 nitrogen and oxygen atoms in total. The van der Waals surface area contributed by atoms with Crippen molar-refractivity contribution in [3.05, 3.63) is 0 Å². The van der Waals surface area contributed by atoms with Crippen molar-refractivity contribution in [2.24, 2.45) is 28.6 Å². The summed E-state index contributed by atoms with van der Waals surface area (Å²) < 4.78 is 4.85. The lowest BCUT2D eigenvalue weighted by Gasteiger charge is -2.64. The molecule has 174 valence electrons. The summed E-state index contributed by atoms with van der Waals surface area (Å²) in [6, 6.07) is 0. The minimum absolute atomic E-state index is 0.0377. The molecule has 0 aromatic rings. The van der Waals surface area contributed by atoms with Crippen LogP contribution in [0.25, 0.3) is 0 Å². The minimum atomic E-state index is -0.596. The van der Waals surface area contributed by atoms with Gasteiger partial charge in [-0.3, -0.25) is 4.79 Å². The molecule has 2 saturated carbocycles. The van der Waals surface area contributed by atoms with Crippen molar-refractivity contribution >= 4 is 5.97 Å². The normalized spacial score (nSPS) is 44.7. The molecule has 7 unspecified atom stereocenters. The summed E-state index contributed by atoms with van der Waals surface area (Å²) in [5, 5.41) is 11.9. The van der Waals surface area contributed by atoms with E-state index < -0.39 is 5.60 Å². The monoisotopic (exact) mass is 424 g/mol. The summed E-state index contributed by atoms with van der Waals surface area (Å²) >= 11 is 0. The second-order valence-electron chi connectivity index (χ2n) is 11.7. The summed E-state index contributed by atoms with van der Waals surface area (Å²) in [6.07, 6.45) is 8.77. The number of carbonyl (C=O) groups is 1. The van der Waals surface area contributed by atoms with E-state index in [0.717, 1.165) is 51.4 Å². The van der Waals surface area contributed by atoms with Gasteiger partial charge in [0.05, 0.1) is 18.6 Å². The topological polar surface area (TPSA) is 65.0 Å². The zero-order valence-corrected chi connectivity index (χ0v) is 20.3. The average molecular weight is 425 g/mol. The third-order valence-corrected chi connectivity index (χ3v) is 9.47. The van der Waals surface area contributed by atoms with Gasteiger partial charge in [0.15, 0.2) is 0 Å². The van der Waals surface area contributed by atoms with Crippen molar-refractivity contribution in [3.63, 3.8) is 0 Å². The van der Waals surface area contributed by atoms with Crippen LogP contribution in [-0.2, 0) is 19.3 Å². The van der Waals surface area contributed by atoms with Gasteiger partial charge in [0, 0.05) is 0 Å². The number of aliphatic hydroxyl groups is 1. The van der Waals surface area contributed by atoms with Gasteiger partial charge in [0.25, 0.3) is 0 Å². The third-order valence-electron chi connectivity index (χ3n) is 9.47. The van der Waals surface area contributed by atoms with Crippen molar-refractivity contribution in [1.29, 1.82) is 0 Å². The molecule has 0 bridgehead atoms. The Morgan fingerprint density at radius 2 is 1.83 bits per heavy atom. The van der Waals surface area contributed by atoms with Crippen molar-refractivity contribution in [3.8, 4) is 0 Å². The van der Waals surface area contributed by atoms with Crippen molar-refractivity contribution in [2.75, 3.05) is 7.11 Å². The van der Waals surface area contributed by atoms with Gasteiger partial charge in [-0.05, 0) is 87.9 Å². The second kappa shape index (κ2) is 8.37. The molecule has 1 N–H and O–H groups in total. The van der Waals surface area contributed by atoms with Gasteiger partial charge >= 0.3 is 5.97 Å². The molecule has 0 spiro atoms. The van der Waals surface area contributed by atoms with Gasteiger partial charge in [0.1, 0.15) is 11.7 Å². The van der Waals surface area contributed by atoms with Gasteiger partial charge in [0.2, 0.25) is 0 Å². The lowest BCUT2D eigenvalue weighted by Crippen LogP contribution is -2.65. The Morgan fingerprint density at radius 3 is 2.43 bits per heavy atom. The molecule has 3 fully saturated rings. The van der Waals surface area contributed by atoms with E-state index in [1.54, 1.807) is 0 Å². The Bertz CT molecular complexity index is 623. The van der Waals surface area contributed by atoms with Gasteiger partial charge in [-0.2, -0.15) is 0 Å². The van der Waals surface area contributed by atoms with E-state index in [1.807, 2.05) is 6.92 Å². The van der Waals surface area contributed by atoms with Crippen molar-refractivity contribution in [2.45, 2.75) is 117 Å². The van der Waals surface area contributed by atoms with E-state index in [0.29, 0.717) is 11.8 Å². The fourth-order valence-corrected chi connectivity index (χ4v) is 7.08. The SMILES string of the molecule is COC(=O)C(C)C1CCC(C)(CCC2C(C)CCC3(O)C(C)(C)CCCC23C)OO1. The number of hydrogen-bond acceptors (Lipinski definition) is 5. The second-order valence-corrected chi connectivity index (χ2v) is 11.7. The third kappa shape index (κ3) is 3.95. The molecule has 0 aromatic heterocycles. The van der Waals surface area contributed by atoms with Gasteiger partial charge in [-0.25, -0.2) is 9.78 Å². The number of fused-ring (bicyclic) bond motifs is 1. The van der Waals surface area contributed by atoms with Crippen LogP contribution in [0.4, 0.5) is 0 Å². The van der Waals surface area contributed by atoms with Crippen molar-refractivity contribution < 1.29 is 24.4 Å². The first-order valence-corrected chi connectivity index (χ1v) is 12.0. The van der Waals surface area contributed by atoms with Crippen LogP contribution in [0, 0.1) is 28.6 Å². The molecule has 1 saturated heterocycles. The summed E-state index contributed by atoms with van der Waals surface area (Å²) in [5.74, 6) is 0.499. The van der Waals surface area contributed by atoms with Crippen LogP contribution in [0.15, 0.2) is 0 Å². The van der Waals surface area contributed by atoms with Crippen LogP contribution >= 0.6 is 0 Å². The summed E-state index contributed by atoms with van der Waals surface area (Å²) in [4.78, 5) is 23.4. The standard InChI is InChI=1S/C25H44O5/c1-17-9-16-25(27)22(3,4)12-8-13-24(25,6)19(17)10-14-23(5)15-11-20(29-30-23)18(2)21(26)28-7/h17-20,27H,8-16H2,1-7H3. The largest absolute Gasteiger partial charge is 0.469 e. The van der Waals surface area contributed by atoms with E-state index in [1.165, 1.54) is 13.5 Å². The molecule has 3 rings (SSSR count). The first-order chi connectivity index (χ1) is 13.9. The van der Waals surface area contributed by atoms with Crippen molar-refractivity contribution in [1.82, 2.24) is 0 Å². The number of carbonyl (C=O) groups excluding carboxylic acids is 1. The molecule has 1 heterocycles. The molecule has 1 aliphatic heterocycles. The maximum Gasteiger partial charge on any atom is 0.311 e. The summed E-state index contributed by atoms with van der Waals surface area (Å²) in [7, 11) is 1.41. The maximum atomic E-state index is 11.9. The Labute approximate surface area is 183 Å². The van der Waals surface area contributed by atoms with E-state index in [-0.39, 0.29) is 34.4 Å². The van der Waals surface area contributed by atoms with Crippen LogP contribution in [0.2, 0.25) is 0 Å². The Morgan fingerprint density at radius 1 is 1.13 bits per heavy atom. The van der Waals surface area contributed by atoms with Gasteiger partial charge in [-0.1, -0.05) is 34.1 Å². The van der Waals surface area contributed by atoms with Crippen LogP contribution in [-0.4, -0.2) is 35.5 Å².